The summed E-state index contributed by atoms with van der Waals surface area (Å²) in [5.74, 6) is -1.57. The molecule has 2 atom stereocenters. The highest BCUT2D eigenvalue weighted by atomic mass is 19.3. The van der Waals surface area contributed by atoms with Gasteiger partial charge in [-0.25, -0.2) is 13.6 Å². The maximum absolute atomic E-state index is 11.8. The number of aliphatic carboxylic acids is 1. The number of nitrogens with one attached hydrogen (secondary N) is 1. The van der Waals surface area contributed by atoms with Crippen molar-refractivity contribution in [2.24, 2.45) is 11.8 Å². The molecule has 0 aromatic rings. The van der Waals surface area contributed by atoms with E-state index in [1.165, 1.54) is 4.90 Å². The molecule has 19 heavy (non-hydrogen) atoms. The number of urea groups is 1. The number of amides is 2. The van der Waals surface area contributed by atoms with E-state index < -0.39 is 31.0 Å². The van der Waals surface area contributed by atoms with E-state index in [2.05, 4.69) is 10.1 Å². The van der Waals surface area contributed by atoms with Crippen LogP contribution in [0.2, 0.25) is 0 Å². The second-order valence-corrected chi connectivity index (χ2v) is 4.52. The summed E-state index contributed by atoms with van der Waals surface area (Å²) in [5, 5.41) is 11.4. The van der Waals surface area contributed by atoms with Gasteiger partial charge in [0.15, 0.2) is 0 Å². The standard InChI is InChI=1S/C11H18F2N2O4/c1-7-4-15(5-8(7)10(16)17)11(18)14-2-3-19-6-9(12)13/h7-9H,2-6H2,1H3,(H,14,18)(H,16,17)/t7-,8-/m1/s1. The number of carbonyl (C=O) groups excluding carboxylic acids is 1. The Hall–Kier alpha value is -1.44. The van der Waals surface area contributed by atoms with Gasteiger partial charge < -0.3 is 20.1 Å². The van der Waals surface area contributed by atoms with Gasteiger partial charge >= 0.3 is 12.0 Å². The molecule has 6 nitrogen and oxygen atoms in total. The van der Waals surface area contributed by atoms with Crippen LogP contribution in [0.1, 0.15) is 6.92 Å². The number of halogens is 2. The first-order valence-corrected chi connectivity index (χ1v) is 6.03. The number of alkyl halides is 2. The Morgan fingerprint density at radius 3 is 2.68 bits per heavy atom. The summed E-state index contributed by atoms with van der Waals surface area (Å²) in [5.41, 5.74) is 0. The predicted octanol–water partition coefficient (Wildman–Crippen LogP) is 0.630. The lowest BCUT2D eigenvalue weighted by Crippen LogP contribution is -2.40. The summed E-state index contributed by atoms with van der Waals surface area (Å²) in [4.78, 5) is 24.0. The fraction of sp³-hybridized carbons (Fsp3) is 0.818. The molecule has 2 amide bonds. The number of ether oxygens (including phenoxy) is 1. The van der Waals surface area contributed by atoms with Gasteiger partial charge in [-0.1, -0.05) is 6.92 Å². The summed E-state index contributed by atoms with van der Waals surface area (Å²) < 4.78 is 28.1. The average Bonchev–Trinajstić information content (AvgIpc) is 2.70. The second-order valence-electron chi connectivity index (χ2n) is 4.52. The largest absolute Gasteiger partial charge is 0.481 e. The Labute approximate surface area is 109 Å². The molecule has 1 aliphatic rings. The van der Waals surface area contributed by atoms with Gasteiger partial charge in [0.2, 0.25) is 0 Å². The van der Waals surface area contributed by atoms with Crippen molar-refractivity contribution in [3.63, 3.8) is 0 Å². The fourth-order valence-electron chi connectivity index (χ4n) is 1.97. The van der Waals surface area contributed by atoms with E-state index in [-0.39, 0.29) is 25.6 Å². The Balaban J connectivity index is 2.22. The van der Waals surface area contributed by atoms with Crippen LogP contribution in [-0.2, 0) is 9.53 Å². The minimum atomic E-state index is -2.52. The molecular formula is C11H18F2N2O4. The number of carboxylic acids is 1. The number of likely N-dealkylation sites (tertiary alicyclic amines) is 1. The lowest BCUT2D eigenvalue weighted by atomic mass is 9.99. The quantitative estimate of drug-likeness (QED) is 0.699. The SMILES string of the molecule is C[C@@H]1CN(C(=O)NCCOCC(F)F)C[C@H]1C(=O)O. The number of carbonyl (C=O) groups is 2. The molecule has 0 bridgehead atoms. The lowest BCUT2D eigenvalue weighted by Gasteiger charge is -2.16. The predicted molar refractivity (Wildman–Crippen MR) is 62.1 cm³/mol. The molecule has 0 aromatic carbocycles. The van der Waals surface area contributed by atoms with E-state index in [0.29, 0.717) is 6.54 Å². The van der Waals surface area contributed by atoms with Crippen LogP contribution in [0.3, 0.4) is 0 Å². The van der Waals surface area contributed by atoms with Crippen molar-refractivity contribution in [3.05, 3.63) is 0 Å². The molecule has 8 heteroatoms. The highest BCUT2D eigenvalue weighted by Crippen LogP contribution is 2.22. The van der Waals surface area contributed by atoms with Crippen LogP contribution in [0, 0.1) is 11.8 Å². The first-order valence-electron chi connectivity index (χ1n) is 6.03. The van der Waals surface area contributed by atoms with E-state index in [9.17, 15) is 18.4 Å². The molecule has 0 spiro atoms. The molecule has 0 radical (unpaired) electrons. The second kappa shape index (κ2) is 7.22. The van der Waals surface area contributed by atoms with E-state index in [4.69, 9.17) is 5.11 Å². The number of hydrogen-bond acceptors (Lipinski definition) is 3. The molecule has 0 aliphatic carbocycles. The highest BCUT2D eigenvalue weighted by molar-refractivity contribution is 5.77. The van der Waals surface area contributed by atoms with Crippen LogP contribution in [-0.4, -0.2) is 61.3 Å². The zero-order valence-corrected chi connectivity index (χ0v) is 10.6. The first kappa shape index (κ1) is 15.6. The van der Waals surface area contributed by atoms with Crippen LogP contribution < -0.4 is 5.32 Å². The Kier molecular flexibility index (Phi) is 5.94. The van der Waals surface area contributed by atoms with Gasteiger partial charge in [0.1, 0.15) is 6.61 Å². The third-order valence-corrected chi connectivity index (χ3v) is 2.98. The van der Waals surface area contributed by atoms with Gasteiger partial charge in [0.25, 0.3) is 6.43 Å². The summed E-state index contributed by atoms with van der Waals surface area (Å²) in [7, 11) is 0. The molecule has 1 rings (SSSR count). The van der Waals surface area contributed by atoms with Crippen LogP contribution >= 0.6 is 0 Å². The van der Waals surface area contributed by atoms with Crippen molar-refractivity contribution >= 4 is 12.0 Å². The summed E-state index contributed by atoms with van der Waals surface area (Å²) >= 11 is 0. The minimum Gasteiger partial charge on any atom is -0.481 e. The third kappa shape index (κ3) is 4.98. The number of rotatable bonds is 6. The van der Waals surface area contributed by atoms with E-state index in [0.717, 1.165) is 0 Å². The van der Waals surface area contributed by atoms with Crippen LogP contribution in [0.4, 0.5) is 13.6 Å². The molecule has 0 unspecified atom stereocenters. The van der Waals surface area contributed by atoms with Crippen molar-refractivity contribution in [1.82, 2.24) is 10.2 Å². The van der Waals surface area contributed by atoms with E-state index in [1.54, 1.807) is 6.92 Å². The Morgan fingerprint density at radius 2 is 2.16 bits per heavy atom. The summed E-state index contributed by atoms with van der Waals surface area (Å²) in [6.07, 6.45) is -2.52. The molecule has 0 saturated carbocycles. The average molecular weight is 280 g/mol. The van der Waals surface area contributed by atoms with Crippen LogP contribution in [0.25, 0.3) is 0 Å². The van der Waals surface area contributed by atoms with Gasteiger partial charge in [-0.3, -0.25) is 4.79 Å². The van der Waals surface area contributed by atoms with Crippen LogP contribution in [0.5, 0.6) is 0 Å². The smallest absolute Gasteiger partial charge is 0.317 e. The molecule has 1 fully saturated rings. The van der Waals surface area contributed by atoms with Crippen molar-refractivity contribution in [1.29, 1.82) is 0 Å². The Bertz CT molecular complexity index is 328. The molecular weight excluding hydrogens is 262 g/mol. The van der Waals surface area contributed by atoms with Crippen molar-refractivity contribution in [2.75, 3.05) is 32.8 Å². The number of hydrogen-bond donors (Lipinski definition) is 2. The van der Waals surface area contributed by atoms with Crippen molar-refractivity contribution in [3.8, 4) is 0 Å². The molecule has 1 heterocycles. The lowest BCUT2D eigenvalue weighted by molar-refractivity contribution is -0.142. The van der Waals surface area contributed by atoms with Gasteiger partial charge in [0, 0.05) is 19.6 Å². The number of carboxylic acid groups (broad SMARTS) is 1. The van der Waals surface area contributed by atoms with Crippen molar-refractivity contribution in [2.45, 2.75) is 13.3 Å². The van der Waals surface area contributed by atoms with Gasteiger partial charge in [-0.05, 0) is 5.92 Å². The molecule has 0 aromatic heterocycles. The molecule has 1 aliphatic heterocycles. The topological polar surface area (TPSA) is 78.9 Å². The minimum absolute atomic E-state index is 0.00182. The van der Waals surface area contributed by atoms with E-state index in [1.807, 2.05) is 0 Å². The highest BCUT2D eigenvalue weighted by Gasteiger charge is 2.36. The normalized spacial score (nSPS) is 22.8. The molecule has 110 valence electrons. The maximum Gasteiger partial charge on any atom is 0.317 e. The number of nitrogens with zero attached hydrogens (tertiary/aromatic N) is 1. The fourth-order valence-corrected chi connectivity index (χ4v) is 1.97. The first-order chi connectivity index (χ1) is 8.91. The zero-order chi connectivity index (χ0) is 14.4. The summed E-state index contributed by atoms with van der Waals surface area (Å²) in [6.45, 7) is 1.78. The summed E-state index contributed by atoms with van der Waals surface area (Å²) in [6, 6.07) is -0.392. The van der Waals surface area contributed by atoms with Crippen LogP contribution in [0.15, 0.2) is 0 Å². The monoisotopic (exact) mass is 280 g/mol. The van der Waals surface area contributed by atoms with Crippen molar-refractivity contribution < 1.29 is 28.2 Å². The van der Waals surface area contributed by atoms with Gasteiger partial charge in [0.05, 0.1) is 12.5 Å². The Morgan fingerprint density at radius 1 is 1.47 bits per heavy atom. The maximum atomic E-state index is 11.8. The van der Waals surface area contributed by atoms with Gasteiger partial charge in [-0.15, -0.1) is 0 Å². The molecule has 1 saturated heterocycles. The third-order valence-electron chi connectivity index (χ3n) is 2.98. The zero-order valence-electron chi connectivity index (χ0n) is 10.6. The molecule has 2 N–H and O–H groups in total. The van der Waals surface area contributed by atoms with Gasteiger partial charge in [-0.2, -0.15) is 0 Å². The van der Waals surface area contributed by atoms with E-state index >= 15 is 0 Å².